The average Bonchev–Trinajstić information content (AvgIpc) is 2.45. The molecule has 0 saturated carbocycles. The highest BCUT2D eigenvalue weighted by Crippen LogP contribution is 1.95. The first kappa shape index (κ1) is 10.2. The van der Waals surface area contributed by atoms with Crippen molar-refractivity contribution in [2.24, 2.45) is 7.05 Å². The number of aromatic nitrogens is 2. The quantitative estimate of drug-likeness (QED) is 0.628. The second-order valence-corrected chi connectivity index (χ2v) is 3.25. The molecule has 0 bridgehead atoms. The Kier molecular flexibility index (Phi) is 3.92. The van der Waals surface area contributed by atoms with Crippen LogP contribution in [0.4, 0.5) is 0 Å². The van der Waals surface area contributed by atoms with E-state index < -0.39 is 0 Å². The molecular weight excluding hydrogens is 166 g/mol. The number of nitrogens with one attached hydrogen (secondary N) is 1. The van der Waals surface area contributed by atoms with E-state index in [0.29, 0.717) is 6.54 Å². The minimum atomic E-state index is -0.272. The highest BCUT2D eigenvalue weighted by molar-refractivity contribution is 5.00. The molecule has 13 heavy (non-hydrogen) atoms. The predicted molar refractivity (Wildman–Crippen MR) is 51.5 cm³/mol. The van der Waals surface area contributed by atoms with Crippen LogP contribution in [0.2, 0.25) is 0 Å². The third-order valence-electron chi connectivity index (χ3n) is 1.92. The van der Waals surface area contributed by atoms with Crippen molar-refractivity contribution in [3.05, 3.63) is 18.0 Å². The topological polar surface area (TPSA) is 50.1 Å². The van der Waals surface area contributed by atoms with Crippen LogP contribution in [0.25, 0.3) is 0 Å². The molecule has 1 heterocycles. The van der Waals surface area contributed by atoms with Crippen molar-refractivity contribution in [1.29, 1.82) is 0 Å². The molecule has 0 fully saturated rings. The number of rotatable bonds is 5. The Morgan fingerprint density at radius 1 is 1.69 bits per heavy atom. The highest BCUT2D eigenvalue weighted by Gasteiger charge is 1.98. The van der Waals surface area contributed by atoms with Crippen LogP contribution in [-0.2, 0) is 13.5 Å². The molecule has 1 aromatic rings. The molecule has 0 spiro atoms. The Labute approximate surface area is 78.6 Å². The van der Waals surface area contributed by atoms with Crippen LogP contribution in [0.15, 0.2) is 12.3 Å². The minimum Gasteiger partial charge on any atom is -0.392 e. The predicted octanol–water partition coefficient (Wildman–Crippen LogP) is -0.0670. The molecule has 1 rings (SSSR count). The van der Waals surface area contributed by atoms with E-state index in [1.165, 1.54) is 5.69 Å². The normalized spacial score (nSPS) is 13.2. The number of aliphatic hydroxyl groups is 1. The molecule has 0 amide bonds. The zero-order valence-electron chi connectivity index (χ0n) is 8.20. The second kappa shape index (κ2) is 4.99. The Morgan fingerprint density at radius 2 is 2.46 bits per heavy atom. The van der Waals surface area contributed by atoms with Crippen molar-refractivity contribution in [2.75, 3.05) is 13.1 Å². The number of nitrogens with zero attached hydrogens (tertiary/aromatic N) is 2. The Hall–Kier alpha value is -0.870. The molecule has 4 nitrogen and oxygen atoms in total. The monoisotopic (exact) mass is 183 g/mol. The van der Waals surface area contributed by atoms with Gasteiger partial charge in [-0.3, -0.25) is 4.68 Å². The molecule has 0 radical (unpaired) electrons. The third kappa shape index (κ3) is 3.57. The summed E-state index contributed by atoms with van der Waals surface area (Å²) in [6.45, 7) is 3.30. The van der Waals surface area contributed by atoms with Crippen LogP contribution in [0, 0.1) is 0 Å². The largest absolute Gasteiger partial charge is 0.392 e. The van der Waals surface area contributed by atoms with Gasteiger partial charge in [0.25, 0.3) is 0 Å². The number of hydrogen-bond donors (Lipinski definition) is 2. The summed E-state index contributed by atoms with van der Waals surface area (Å²) in [7, 11) is 1.93. The smallest absolute Gasteiger partial charge is 0.0636 e. The molecule has 1 atom stereocenters. The molecule has 0 aliphatic heterocycles. The van der Waals surface area contributed by atoms with Crippen LogP contribution in [0.1, 0.15) is 12.6 Å². The van der Waals surface area contributed by atoms with Gasteiger partial charge in [-0.15, -0.1) is 0 Å². The lowest BCUT2D eigenvalue weighted by atomic mass is 10.3. The molecule has 4 heteroatoms. The number of hydrogen-bond acceptors (Lipinski definition) is 3. The van der Waals surface area contributed by atoms with Gasteiger partial charge in [0.15, 0.2) is 0 Å². The fourth-order valence-corrected chi connectivity index (χ4v) is 1.17. The lowest BCUT2D eigenvalue weighted by Crippen LogP contribution is -2.26. The molecule has 74 valence electrons. The van der Waals surface area contributed by atoms with Gasteiger partial charge in [0.2, 0.25) is 0 Å². The summed E-state index contributed by atoms with van der Waals surface area (Å²) in [6.07, 6.45) is 2.47. The average molecular weight is 183 g/mol. The van der Waals surface area contributed by atoms with Gasteiger partial charge in [0.1, 0.15) is 0 Å². The van der Waals surface area contributed by atoms with Crippen LogP contribution < -0.4 is 5.32 Å². The van der Waals surface area contributed by atoms with Crippen LogP contribution in [-0.4, -0.2) is 34.1 Å². The Bertz CT molecular complexity index is 245. The second-order valence-electron chi connectivity index (χ2n) is 3.25. The van der Waals surface area contributed by atoms with E-state index >= 15 is 0 Å². The number of aryl methyl sites for hydroxylation is 1. The maximum Gasteiger partial charge on any atom is 0.0636 e. The Morgan fingerprint density at radius 3 is 3.00 bits per heavy atom. The lowest BCUT2D eigenvalue weighted by Gasteiger charge is -2.06. The third-order valence-corrected chi connectivity index (χ3v) is 1.92. The first-order valence-electron chi connectivity index (χ1n) is 4.56. The van der Waals surface area contributed by atoms with Gasteiger partial charge < -0.3 is 10.4 Å². The summed E-state index contributed by atoms with van der Waals surface area (Å²) in [4.78, 5) is 0. The van der Waals surface area contributed by atoms with E-state index in [2.05, 4.69) is 10.4 Å². The van der Waals surface area contributed by atoms with Crippen molar-refractivity contribution in [2.45, 2.75) is 19.4 Å². The first-order chi connectivity index (χ1) is 6.20. The van der Waals surface area contributed by atoms with Crippen molar-refractivity contribution in [3.8, 4) is 0 Å². The molecule has 2 N–H and O–H groups in total. The van der Waals surface area contributed by atoms with Gasteiger partial charge in [-0.2, -0.15) is 5.10 Å². The standard InChI is InChI=1S/C9H17N3O/c1-8(13)7-10-5-3-9-4-6-11-12(9)2/h4,6,8,10,13H,3,5,7H2,1-2H3/t8-/m0/s1. The summed E-state index contributed by atoms with van der Waals surface area (Å²) in [6, 6.07) is 2.00. The van der Waals surface area contributed by atoms with Gasteiger partial charge in [0, 0.05) is 38.4 Å². The van der Waals surface area contributed by atoms with Gasteiger partial charge in [-0.05, 0) is 13.0 Å². The Balaban J connectivity index is 2.17. The molecular formula is C9H17N3O. The van der Waals surface area contributed by atoms with Crippen LogP contribution in [0.5, 0.6) is 0 Å². The SMILES string of the molecule is C[C@H](O)CNCCc1ccnn1C. The fraction of sp³-hybridized carbons (Fsp3) is 0.667. The summed E-state index contributed by atoms with van der Waals surface area (Å²) in [5, 5.41) is 16.2. The van der Waals surface area contributed by atoms with Gasteiger partial charge >= 0.3 is 0 Å². The highest BCUT2D eigenvalue weighted by atomic mass is 16.3. The fourth-order valence-electron chi connectivity index (χ4n) is 1.17. The summed E-state index contributed by atoms with van der Waals surface area (Å²) in [5.74, 6) is 0. The van der Waals surface area contributed by atoms with Crippen molar-refractivity contribution in [1.82, 2.24) is 15.1 Å². The first-order valence-corrected chi connectivity index (χ1v) is 4.56. The van der Waals surface area contributed by atoms with E-state index in [9.17, 15) is 0 Å². The maximum atomic E-state index is 8.98. The lowest BCUT2D eigenvalue weighted by molar-refractivity contribution is 0.191. The van der Waals surface area contributed by atoms with E-state index in [1.807, 2.05) is 17.8 Å². The number of aliphatic hydroxyl groups excluding tert-OH is 1. The van der Waals surface area contributed by atoms with E-state index in [-0.39, 0.29) is 6.10 Å². The van der Waals surface area contributed by atoms with E-state index in [4.69, 9.17) is 5.11 Å². The molecule has 0 unspecified atom stereocenters. The molecule has 0 aliphatic rings. The zero-order valence-corrected chi connectivity index (χ0v) is 8.20. The van der Waals surface area contributed by atoms with Crippen molar-refractivity contribution < 1.29 is 5.11 Å². The van der Waals surface area contributed by atoms with Crippen LogP contribution in [0.3, 0.4) is 0 Å². The molecule has 0 aliphatic carbocycles. The maximum absolute atomic E-state index is 8.98. The molecule has 0 saturated heterocycles. The van der Waals surface area contributed by atoms with E-state index in [1.54, 1.807) is 13.1 Å². The van der Waals surface area contributed by atoms with Gasteiger partial charge in [-0.1, -0.05) is 0 Å². The molecule has 1 aromatic heterocycles. The summed E-state index contributed by atoms with van der Waals surface area (Å²) >= 11 is 0. The summed E-state index contributed by atoms with van der Waals surface area (Å²) in [5.41, 5.74) is 1.21. The zero-order chi connectivity index (χ0) is 9.68. The van der Waals surface area contributed by atoms with Gasteiger partial charge in [0.05, 0.1) is 6.10 Å². The van der Waals surface area contributed by atoms with E-state index in [0.717, 1.165) is 13.0 Å². The van der Waals surface area contributed by atoms with Gasteiger partial charge in [-0.25, -0.2) is 0 Å². The summed E-state index contributed by atoms with van der Waals surface area (Å²) < 4.78 is 1.87. The molecule has 0 aromatic carbocycles. The minimum absolute atomic E-state index is 0.272. The van der Waals surface area contributed by atoms with Crippen molar-refractivity contribution >= 4 is 0 Å². The van der Waals surface area contributed by atoms with Crippen LogP contribution >= 0.6 is 0 Å². The van der Waals surface area contributed by atoms with Crippen molar-refractivity contribution in [3.63, 3.8) is 0 Å².